The van der Waals surface area contributed by atoms with E-state index in [0.29, 0.717) is 0 Å². The van der Waals surface area contributed by atoms with Crippen LogP contribution in [0.3, 0.4) is 0 Å². The van der Waals surface area contributed by atoms with Crippen molar-refractivity contribution >= 4 is 50.7 Å². The number of nitrogens with zero attached hydrogens (tertiary/aromatic N) is 2. The van der Waals surface area contributed by atoms with Crippen molar-refractivity contribution in [3.05, 3.63) is 129 Å². The summed E-state index contributed by atoms with van der Waals surface area (Å²) in [6.45, 7) is 3.27. The molecule has 4 aromatic rings. The van der Waals surface area contributed by atoms with Crippen LogP contribution in [0.4, 0.5) is 5.69 Å². The first kappa shape index (κ1) is 32.1. The summed E-state index contributed by atoms with van der Waals surface area (Å²) in [5.41, 5.74) is 3.62. The van der Waals surface area contributed by atoms with Crippen LogP contribution in [0.2, 0.25) is 10.0 Å². The van der Waals surface area contributed by atoms with Crippen LogP contribution in [0.25, 0.3) is 0 Å². The molecular formula is C33H33Cl2N3O4S. The van der Waals surface area contributed by atoms with Crippen molar-refractivity contribution in [1.82, 2.24) is 10.2 Å². The lowest BCUT2D eigenvalue weighted by molar-refractivity contribution is -0.139. The minimum absolute atomic E-state index is 0.000381. The molecule has 4 rings (SSSR count). The van der Waals surface area contributed by atoms with Crippen molar-refractivity contribution in [2.45, 2.75) is 37.8 Å². The molecular weight excluding hydrogens is 605 g/mol. The highest BCUT2D eigenvalue weighted by molar-refractivity contribution is 7.92. The molecule has 0 fully saturated rings. The summed E-state index contributed by atoms with van der Waals surface area (Å²) in [7, 11) is -2.74. The number of hydrogen-bond donors (Lipinski definition) is 1. The van der Waals surface area contributed by atoms with Crippen LogP contribution in [0, 0.1) is 13.8 Å². The molecule has 7 nitrogen and oxygen atoms in total. The minimum atomic E-state index is -4.26. The number of amides is 2. The highest BCUT2D eigenvalue weighted by Gasteiger charge is 2.34. The fourth-order valence-corrected chi connectivity index (χ4v) is 6.65. The number of sulfonamides is 1. The van der Waals surface area contributed by atoms with Crippen molar-refractivity contribution in [3.8, 4) is 0 Å². The van der Waals surface area contributed by atoms with E-state index in [4.69, 9.17) is 23.2 Å². The van der Waals surface area contributed by atoms with Crippen LogP contribution >= 0.6 is 23.2 Å². The largest absolute Gasteiger partial charge is 0.357 e. The van der Waals surface area contributed by atoms with Gasteiger partial charge in [0.25, 0.3) is 10.0 Å². The maximum Gasteiger partial charge on any atom is 0.264 e. The van der Waals surface area contributed by atoms with Gasteiger partial charge in [0.2, 0.25) is 11.8 Å². The van der Waals surface area contributed by atoms with Crippen molar-refractivity contribution in [2.75, 3.05) is 17.9 Å². The Labute approximate surface area is 263 Å². The number of aryl methyl sites for hydroxylation is 2. The van der Waals surface area contributed by atoms with Crippen LogP contribution < -0.4 is 9.62 Å². The van der Waals surface area contributed by atoms with Crippen molar-refractivity contribution < 1.29 is 18.0 Å². The zero-order valence-electron chi connectivity index (χ0n) is 24.1. The summed E-state index contributed by atoms with van der Waals surface area (Å²) in [6.07, 6.45) is 0.228. The van der Waals surface area contributed by atoms with Gasteiger partial charge in [0.05, 0.1) is 10.6 Å². The molecule has 0 aromatic heterocycles. The Morgan fingerprint density at radius 1 is 0.837 bits per heavy atom. The molecule has 43 heavy (non-hydrogen) atoms. The lowest BCUT2D eigenvalue weighted by atomic mass is 10.0. The van der Waals surface area contributed by atoms with Crippen molar-refractivity contribution in [2.24, 2.45) is 0 Å². The molecule has 0 heterocycles. The second-order valence-electron chi connectivity index (χ2n) is 10.2. The Morgan fingerprint density at radius 3 is 2.05 bits per heavy atom. The third-order valence-electron chi connectivity index (χ3n) is 7.14. The summed E-state index contributed by atoms with van der Waals surface area (Å²) in [5, 5.41) is 3.11. The predicted molar refractivity (Wildman–Crippen MR) is 172 cm³/mol. The third-order valence-corrected chi connectivity index (χ3v) is 9.37. The number of nitrogens with one attached hydrogen (secondary N) is 1. The molecule has 4 aromatic carbocycles. The van der Waals surface area contributed by atoms with E-state index in [2.05, 4.69) is 5.32 Å². The molecule has 0 bridgehead atoms. The lowest BCUT2D eigenvalue weighted by Crippen LogP contribution is -2.53. The van der Waals surface area contributed by atoms with E-state index in [9.17, 15) is 18.0 Å². The summed E-state index contributed by atoms with van der Waals surface area (Å²) >= 11 is 12.6. The minimum Gasteiger partial charge on any atom is -0.357 e. The number of carbonyl (C=O) groups excluding carboxylic acids is 2. The van der Waals surface area contributed by atoms with Gasteiger partial charge in [-0.3, -0.25) is 13.9 Å². The van der Waals surface area contributed by atoms with Gasteiger partial charge in [-0.15, -0.1) is 0 Å². The number of benzene rings is 4. The van der Waals surface area contributed by atoms with Crippen LogP contribution in [0.1, 0.15) is 22.3 Å². The van der Waals surface area contributed by atoms with Gasteiger partial charge in [-0.2, -0.15) is 0 Å². The van der Waals surface area contributed by atoms with E-state index in [0.717, 1.165) is 26.6 Å². The van der Waals surface area contributed by atoms with E-state index < -0.39 is 28.5 Å². The van der Waals surface area contributed by atoms with E-state index >= 15 is 0 Å². The van der Waals surface area contributed by atoms with E-state index in [1.54, 1.807) is 12.1 Å². The Morgan fingerprint density at radius 2 is 1.44 bits per heavy atom. The molecule has 2 amide bonds. The molecule has 0 aliphatic rings. The van der Waals surface area contributed by atoms with Crippen LogP contribution in [-0.2, 0) is 32.6 Å². The van der Waals surface area contributed by atoms with Gasteiger partial charge in [0.1, 0.15) is 12.6 Å². The lowest BCUT2D eigenvalue weighted by Gasteiger charge is -2.34. The highest BCUT2D eigenvalue weighted by Crippen LogP contribution is 2.30. The number of likely N-dealkylation sites (N-methyl/N-ethyl adjacent to an activating group) is 1. The molecule has 0 aliphatic carbocycles. The Bertz CT molecular complexity index is 1680. The van der Waals surface area contributed by atoms with Crippen molar-refractivity contribution in [3.63, 3.8) is 0 Å². The zero-order chi connectivity index (χ0) is 31.1. The first-order valence-corrected chi connectivity index (χ1v) is 15.8. The van der Waals surface area contributed by atoms with E-state index in [-0.39, 0.29) is 39.5 Å². The van der Waals surface area contributed by atoms with Gasteiger partial charge in [-0.25, -0.2) is 8.42 Å². The second kappa shape index (κ2) is 14.1. The summed E-state index contributed by atoms with van der Waals surface area (Å²) in [6, 6.07) is 26.7. The SMILES string of the molecule is CNC(=O)[C@@H](Cc1ccccc1)N(Cc1ccccc1C)C(=O)CN(c1cc(Cl)cc(Cl)c1)S(=O)(=O)c1ccc(C)cc1. The van der Waals surface area contributed by atoms with E-state index in [1.807, 2.05) is 68.4 Å². The average molecular weight is 639 g/mol. The van der Waals surface area contributed by atoms with Gasteiger partial charge in [-0.05, 0) is 60.9 Å². The zero-order valence-corrected chi connectivity index (χ0v) is 26.5. The summed E-state index contributed by atoms with van der Waals surface area (Å²) < 4.78 is 29.1. The fourth-order valence-electron chi connectivity index (χ4n) is 4.74. The maximum absolute atomic E-state index is 14.4. The Hall–Kier alpha value is -3.85. The third kappa shape index (κ3) is 7.96. The molecule has 10 heteroatoms. The van der Waals surface area contributed by atoms with Gasteiger partial charge in [0.15, 0.2) is 0 Å². The smallest absolute Gasteiger partial charge is 0.264 e. The number of halogens is 2. The topological polar surface area (TPSA) is 86.8 Å². The fraction of sp³-hybridized carbons (Fsp3) is 0.212. The molecule has 224 valence electrons. The van der Waals surface area contributed by atoms with Crippen molar-refractivity contribution in [1.29, 1.82) is 0 Å². The van der Waals surface area contributed by atoms with Crippen LogP contribution in [0.15, 0.2) is 102 Å². The molecule has 0 spiro atoms. The maximum atomic E-state index is 14.4. The van der Waals surface area contributed by atoms with Gasteiger partial charge in [0, 0.05) is 30.1 Å². The second-order valence-corrected chi connectivity index (χ2v) is 13.0. The Balaban J connectivity index is 1.82. The summed E-state index contributed by atoms with van der Waals surface area (Å²) in [5.74, 6) is -0.941. The monoisotopic (exact) mass is 637 g/mol. The number of anilines is 1. The number of rotatable bonds is 11. The molecule has 1 N–H and O–H groups in total. The number of hydrogen-bond acceptors (Lipinski definition) is 4. The summed E-state index contributed by atoms with van der Waals surface area (Å²) in [4.78, 5) is 29.2. The predicted octanol–water partition coefficient (Wildman–Crippen LogP) is 6.19. The van der Waals surface area contributed by atoms with Gasteiger partial charge in [-0.1, -0.05) is 95.5 Å². The van der Waals surface area contributed by atoms with Crippen LogP contribution in [-0.4, -0.2) is 44.8 Å². The standard InChI is InChI=1S/C33H33Cl2N3O4S/c1-23-13-15-30(16-14-23)43(41,42)38(29-19-27(34)18-28(35)20-29)22-32(39)37(21-26-12-8-7-9-24(26)2)31(33(40)36-3)17-25-10-5-4-6-11-25/h4-16,18-20,31H,17,21-22H2,1-3H3,(H,36,40)/t31-/m1/s1. The first-order chi connectivity index (χ1) is 20.5. The van der Waals surface area contributed by atoms with Crippen LogP contribution in [0.5, 0.6) is 0 Å². The molecule has 0 unspecified atom stereocenters. The number of carbonyl (C=O) groups is 2. The molecule has 1 atom stereocenters. The first-order valence-electron chi connectivity index (χ1n) is 13.6. The Kier molecular flexibility index (Phi) is 10.5. The molecule has 0 saturated heterocycles. The molecule has 0 aliphatic heterocycles. The molecule has 0 saturated carbocycles. The quantitative estimate of drug-likeness (QED) is 0.212. The highest BCUT2D eigenvalue weighted by atomic mass is 35.5. The molecule has 0 radical (unpaired) electrons. The van der Waals surface area contributed by atoms with Gasteiger partial charge >= 0.3 is 0 Å². The average Bonchev–Trinajstić information content (AvgIpc) is 2.98. The van der Waals surface area contributed by atoms with E-state index in [1.165, 1.54) is 42.3 Å². The normalized spacial score (nSPS) is 11.9. The van der Waals surface area contributed by atoms with Gasteiger partial charge < -0.3 is 10.2 Å².